The fraction of sp³-hybridized carbons (Fsp3) is 0. The van der Waals surface area contributed by atoms with Crippen LogP contribution in [0.2, 0.25) is 0 Å². The van der Waals surface area contributed by atoms with E-state index in [4.69, 9.17) is 15.7 Å². The summed E-state index contributed by atoms with van der Waals surface area (Å²) in [6, 6.07) is 0. The Labute approximate surface area is 54.5 Å². The second-order valence-electron chi connectivity index (χ2n) is 0.396. The zero-order chi connectivity index (χ0) is 4.50. The summed E-state index contributed by atoms with van der Waals surface area (Å²) in [6.07, 6.45) is 0. The van der Waals surface area contributed by atoms with E-state index in [1.807, 2.05) is 0 Å². The molecule has 0 fully saturated rings. The Bertz CT molecular complexity index is 129. The van der Waals surface area contributed by atoms with Gasteiger partial charge in [0, 0.05) is 25.8 Å². The molecular formula is HHfMnO4. The predicted molar refractivity (Wildman–Crippen MR) is 4.28 cm³/mol. The predicted octanol–water partition coefficient (Wildman–Crippen LogP) is -0.918. The average molecular weight is 298 g/mol. The molecule has 0 saturated heterocycles. The van der Waals surface area contributed by atoms with Gasteiger partial charge in [0.25, 0.3) is 0 Å². The molecule has 0 amide bonds. The monoisotopic (exact) mass is 300 g/mol. The van der Waals surface area contributed by atoms with Gasteiger partial charge >= 0.3 is 28.7 Å². The van der Waals surface area contributed by atoms with Crippen LogP contribution < -0.4 is 0 Å². The summed E-state index contributed by atoms with van der Waals surface area (Å²) in [6.45, 7) is 0. The molecule has 0 unspecified atom stereocenters. The first-order valence-corrected chi connectivity index (χ1v) is 2.61. The van der Waals surface area contributed by atoms with Crippen molar-refractivity contribution in [3.63, 3.8) is 0 Å². The second kappa shape index (κ2) is 2.85. The van der Waals surface area contributed by atoms with Gasteiger partial charge in [-0.15, -0.1) is 0 Å². The number of hydrogen-bond acceptors (Lipinski definition) is 3. The molecule has 0 aliphatic carbocycles. The maximum atomic E-state index is 8.69. The molecule has 0 aromatic heterocycles. The van der Waals surface area contributed by atoms with E-state index in [0.29, 0.717) is 0 Å². The molecule has 0 heterocycles. The quantitative estimate of drug-likeness (QED) is 0.587. The first kappa shape index (κ1) is 9.89. The van der Waals surface area contributed by atoms with Gasteiger partial charge in [-0.05, 0) is 0 Å². The molecule has 36 valence electrons. The zero-order valence-corrected chi connectivity index (χ0v) is 7.32. The van der Waals surface area contributed by atoms with Crippen molar-refractivity contribution >= 4 is 0 Å². The van der Waals surface area contributed by atoms with Crippen molar-refractivity contribution in [3.05, 3.63) is 0 Å². The van der Waals surface area contributed by atoms with E-state index in [9.17, 15) is 0 Å². The van der Waals surface area contributed by atoms with Crippen molar-refractivity contribution in [1.29, 1.82) is 0 Å². The van der Waals surface area contributed by atoms with Gasteiger partial charge in [0.1, 0.15) is 0 Å². The van der Waals surface area contributed by atoms with Gasteiger partial charge < -0.3 is 0 Å². The molecule has 0 radical (unpaired) electrons. The zero-order valence-electron chi connectivity index (χ0n) is 2.55. The Morgan fingerprint density at radius 1 is 1.17 bits per heavy atom. The Morgan fingerprint density at radius 2 is 1.17 bits per heavy atom. The third kappa shape index (κ3) is 119. The Kier molecular flexibility index (Phi) is 4.69. The molecule has 4 nitrogen and oxygen atoms in total. The normalized spacial score (nSPS) is 9.50. The van der Waals surface area contributed by atoms with Gasteiger partial charge in [0.2, 0.25) is 0 Å². The van der Waals surface area contributed by atoms with Crippen LogP contribution in [-0.4, -0.2) is 4.19 Å². The first-order chi connectivity index (χ1) is 2.00. The van der Waals surface area contributed by atoms with E-state index >= 15 is 0 Å². The van der Waals surface area contributed by atoms with Crippen molar-refractivity contribution in [2.45, 2.75) is 0 Å². The van der Waals surface area contributed by atoms with Crippen molar-refractivity contribution in [1.82, 2.24) is 0 Å². The Morgan fingerprint density at radius 3 is 1.17 bits per heavy atom. The van der Waals surface area contributed by atoms with Crippen LogP contribution in [0.25, 0.3) is 0 Å². The fourth-order valence-electron chi connectivity index (χ4n) is 0. The summed E-state index contributed by atoms with van der Waals surface area (Å²) in [5.41, 5.74) is 0. The van der Waals surface area contributed by atoms with E-state index < -0.39 is 13.0 Å². The average Bonchev–Trinajstić information content (AvgIpc) is 0.722. The van der Waals surface area contributed by atoms with Gasteiger partial charge in [-0.2, -0.15) is 0 Å². The van der Waals surface area contributed by atoms with Crippen LogP contribution in [0.4, 0.5) is 0 Å². The van der Waals surface area contributed by atoms with E-state index in [1.54, 1.807) is 0 Å². The Balaban J connectivity index is 0. The molecule has 0 atom stereocenters. The molecule has 0 aliphatic heterocycles. The summed E-state index contributed by atoms with van der Waals surface area (Å²) in [4.78, 5) is 0. The van der Waals surface area contributed by atoms with Gasteiger partial charge in [-0.1, -0.05) is 0 Å². The van der Waals surface area contributed by atoms with Crippen molar-refractivity contribution < 1.29 is 54.5 Å². The minimum absolute atomic E-state index is 0. The number of rotatable bonds is 0. The summed E-state index contributed by atoms with van der Waals surface area (Å²) in [5, 5.41) is 0. The van der Waals surface area contributed by atoms with E-state index in [-0.39, 0.29) is 25.8 Å². The third-order valence-electron chi connectivity index (χ3n) is 0. The van der Waals surface area contributed by atoms with E-state index in [0.717, 1.165) is 0 Å². The molecule has 0 aromatic carbocycles. The molecule has 1 N–H and O–H groups in total. The molecular weight excluding hydrogens is 297 g/mol. The minimum atomic E-state index is -5.38. The molecule has 6 heavy (non-hydrogen) atoms. The second-order valence-corrected chi connectivity index (χ2v) is 1.63. The van der Waals surface area contributed by atoms with Gasteiger partial charge in [-0.25, -0.2) is 0 Å². The molecule has 0 spiro atoms. The van der Waals surface area contributed by atoms with E-state index in [1.165, 1.54) is 0 Å². The summed E-state index contributed by atoms with van der Waals surface area (Å²) >= 11 is -5.38. The van der Waals surface area contributed by atoms with Gasteiger partial charge in [0.15, 0.2) is 0 Å². The topological polar surface area (TPSA) is 71.4 Å². The van der Waals surface area contributed by atoms with Crippen LogP contribution in [0.1, 0.15) is 0 Å². The first-order valence-electron chi connectivity index (χ1n) is 0.632. The van der Waals surface area contributed by atoms with Crippen LogP contribution >= 0.6 is 0 Å². The molecule has 0 rings (SSSR count). The molecule has 0 bridgehead atoms. The summed E-state index contributed by atoms with van der Waals surface area (Å²) in [5.74, 6) is 0. The van der Waals surface area contributed by atoms with E-state index in [2.05, 4.69) is 0 Å². The van der Waals surface area contributed by atoms with Crippen LogP contribution in [0.15, 0.2) is 0 Å². The van der Waals surface area contributed by atoms with Crippen molar-refractivity contribution in [2.24, 2.45) is 0 Å². The van der Waals surface area contributed by atoms with Gasteiger partial charge in [-0.3, -0.25) is 0 Å². The fourth-order valence-corrected chi connectivity index (χ4v) is 0. The van der Waals surface area contributed by atoms with Crippen LogP contribution in [-0.2, 0) is 50.3 Å². The van der Waals surface area contributed by atoms with Gasteiger partial charge in [0.05, 0.1) is 0 Å². The van der Waals surface area contributed by atoms with Crippen LogP contribution in [0.5, 0.6) is 0 Å². The Hall–Kier alpha value is 0.750. The summed E-state index contributed by atoms with van der Waals surface area (Å²) in [7, 11) is 0. The third-order valence-corrected chi connectivity index (χ3v) is 0. The standard InChI is InChI=1S/Hf.Mn.H2O.3O/h;;1H2;;;/q;+1;;;;/p-1. The number of hydrogen-bond donors (Lipinski definition) is 1. The van der Waals surface area contributed by atoms with Crippen LogP contribution in [0.3, 0.4) is 0 Å². The maximum absolute atomic E-state index is 8.69. The molecule has 0 aliphatic rings. The van der Waals surface area contributed by atoms with Crippen molar-refractivity contribution in [2.75, 3.05) is 0 Å². The molecule has 0 aromatic rings. The summed E-state index contributed by atoms with van der Waals surface area (Å²) < 4.78 is 33.1. The molecule has 0 saturated carbocycles. The molecule has 6 heteroatoms. The van der Waals surface area contributed by atoms with Crippen molar-refractivity contribution in [3.8, 4) is 0 Å². The van der Waals surface area contributed by atoms with Crippen LogP contribution in [0, 0.1) is 0 Å². The SMILES string of the molecule is [Hf].[O]=[Mn](=[O])(=[O])[OH].